The molecule has 2 aromatic heterocycles. The highest BCUT2D eigenvalue weighted by Gasteiger charge is 2.12. The normalized spacial score (nSPS) is 10.9. The average Bonchev–Trinajstić information content (AvgIpc) is 2.94. The van der Waals surface area contributed by atoms with Crippen LogP contribution >= 0.6 is 11.3 Å². The van der Waals surface area contributed by atoms with E-state index in [0.717, 1.165) is 31.0 Å². The molecule has 0 saturated heterocycles. The van der Waals surface area contributed by atoms with Gasteiger partial charge in [-0.1, -0.05) is 13.8 Å². The molecule has 2 heterocycles. The molecule has 86 valence electrons. The molecule has 16 heavy (non-hydrogen) atoms. The van der Waals surface area contributed by atoms with Gasteiger partial charge in [0.15, 0.2) is 12.2 Å². The first-order chi connectivity index (χ1) is 7.85. The molecule has 0 unspecified atom stereocenters. The van der Waals surface area contributed by atoms with Gasteiger partial charge in [0.1, 0.15) is 5.69 Å². The third kappa shape index (κ3) is 2.33. The van der Waals surface area contributed by atoms with Crippen molar-refractivity contribution in [2.24, 2.45) is 0 Å². The number of aryl methyl sites for hydroxylation is 1. The van der Waals surface area contributed by atoms with Gasteiger partial charge in [-0.2, -0.15) is 0 Å². The van der Waals surface area contributed by atoms with E-state index in [2.05, 4.69) is 36.3 Å². The highest BCUT2D eigenvalue weighted by atomic mass is 32.1. The van der Waals surface area contributed by atoms with E-state index in [-0.39, 0.29) is 0 Å². The molecule has 4 heteroatoms. The van der Waals surface area contributed by atoms with E-state index in [1.165, 1.54) is 16.1 Å². The van der Waals surface area contributed by atoms with Crippen LogP contribution in [0.2, 0.25) is 0 Å². The molecule has 3 nitrogen and oxygen atoms in total. The monoisotopic (exact) mass is 236 g/mol. The SMILES string of the molecule is CCNCc1ncoc1-c1ccc(CC)s1. The van der Waals surface area contributed by atoms with Crippen LogP contribution in [0, 0.1) is 0 Å². The highest BCUT2D eigenvalue weighted by molar-refractivity contribution is 7.15. The smallest absolute Gasteiger partial charge is 0.181 e. The zero-order valence-corrected chi connectivity index (χ0v) is 10.4. The number of aromatic nitrogens is 1. The predicted octanol–water partition coefficient (Wildman–Crippen LogP) is 3.08. The first-order valence-corrected chi connectivity index (χ1v) is 6.39. The van der Waals surface area contributed by atoms with E-state index in [4.69, 9.17) is 4.42 Å². The third-order valence-corrected chi connectivity index (χ3v) is 3.65. The Bertz CT molecular complexity index is 447. The first-order valence-electron chi connectivity index (χ1n) is 5.57. The van der Waals surface area contributed by atoms with Crippen molar-refractivity contribution >= 4 is 11.3 Å². The van der Waals surface area contributed by atoms with E-state index in [1.54, 1.807) is 11.3 Å². The summed E-state index contributed by atoms with van der Waals surface area (Å²) >= 11 is 1.78. The zero-order valence-electron chi connectivity index (χ0n) is 9.62. The van der Waals surface area contributed by atoms with Gasteiger partial charge in [0.05, 0.1) is 4.88 Å². The van der Waals surface area contributed by atoms with Gasteiger partial charge in [0.2, 0.25) is 0 Å². The molecule has 0 atom stereocenters. The van der Waals surface area contributed by atoms with Gasteiger partial charge in [0, 0.05) is 11.4 Å². The Morgan fingerprint density at radius 2 is 2.25 bits per heavy atom. The van der Waals surface area contributed by atoms with Crippen LogP contribution in [0.4, 0.5) is 0 Å². The second kappa shape index (κ2) is 5.27. The number of hydrogen-bond donors (Lipinski definition) is 1. The molecule has 0 aliphatic carbocycles. The molecule has 0 aliphatic rings. The van der Waals surface area contributed by atoms with Gasteiger partial charge in [-0.05, 0) is 25.1 Å². The fraction of sp³-hybridized carbons (Fsp3) is 0.417. The van der Waals surface area contributed by atoms with Crippen LogP contribution in [0.25, 0.3) is 10.6 Å². The summed E-state index contributed by atoms with van der Waals surface area (Å²) in [6.45, 7) is 5.95. The van der Waals surface area contributed by atoms with Gasteiger partial charge in [-0.15, -0.1) is 11.3 Å². The van der Waals surface area contributed by atoms with Gasteiger partial charge in [-0.25, -0.2) is 4.98 Å². The number of rotatable bonds is 5. The zero-order chi connectivity index (χ0) is 11.4. The van der Waals surface area contributed by atoms with E-state index in [9.17, 15) is 0 Å². The summed E-state index contributed by atoms with van der Waals surface area (Å²) in [6, 6.07) is 4.26. The Morgan fingerprint density at radius 1 is 1.38 bits per heavy atom. The fourth-order valence-electron chi connectivity index (χ4n) is 1.53. The predicted molar refractivity (Wildman–Crippen MR) is 66.6 cm³/mol. The van der Waals surface area contributed by atoms with Crippen LogP contribution in [-0.2, 0) is 13.0 Å². The maximum Gasteiger partial charge on any atom is 0.181 e. The Kier molecular flexibility index (Phi) is 3.74. The summed E-state index contributed by atoms with van der Waals surface area (Å²) in [5.41, 5.74) is 0.992. The lowest BCUT2D eigenvalue weighted by atomic mass is 10.3. The molecule has 2 aromatic rings. The van der Waals surface area contributed by atoms with Gasteiger partial charge in [-0.3, -0.25) is 0 Å². The Morgan fingerprint density at radius 3 is 2.94 bits per heavy atom. The molecule has 0 amide bonds. The number of oxazole rings is 1. The quantitative estimate of drug-likeness (QED) is 0.867. The van der Waals surface area contributed by atoms with E-state index >= 15 is 0 Å². The van der Waals surface area contributed by atoms with Crippen molar-refractivity contribution in [3.63, 3.8) is 0 Å². The molecule has 0 fully saturated rings. The second-order valence-electron chi connectivity index (χ2n) is 3.53. The van der Waals surface area contributed by atoms with Crippen LogP contribution in [0.15, 0.2) is 22.9 Å². The molecule has 0 bridgehead atoms. The van der Waals surface area contributed by atoms with Gasteiger partial charge >= 0.3 is 0 Å². The third-order valence-electron chi connectivity index (χ3n) is 2.42. The van der Waals surface area contributed by atoms with E-state index in [1.807, 2.05) is 0 Å². The number of thiophene rings is 1. The number of hydrogen-bond acceptors (Lipinski definition) is 4. The van der Waals surface area contributed by atoms with Crippen molar-refractivity contribution < 1.29 is 4.42 Å². The number of nitrogens with zero attached hydrogens (tertiary/aromatic N) is 1. The molecular formula is C12H16N2OS. The Balaban J connectivity index is 2.22. The van der Waals surface area contributed by atoms with Crippen molar-refractivity contribution in [2.75, 3.05) is 6.54 Å². The fourth-order valence-corrected chi connectivity index (χ4v) is 2.49. The highest BCUT2D eigenvalue weighted by Crippen LogP contribution is 2.30. The maximum absolute atomic E-state index is 5.46. The van der Waals surface area contributed by atoms with Gasteiger partial charge in [0.25, 0.3) is 0 Å². The lowest BCUT2D eigenvalue weighted by Crippen LogP contribution is -2.12. The minimum atomic E-state index is 0.766. The Hall–Kier alpha value is -1.13. The van der Waals surface area contributed by atoms with Gasteiger partial charge < -0.3 is 9.73 Å². The lowest BCUT2D eigenvalue weighted by molar-refractivity contribution is 0.571. The topological polar surface area (TPSA) is 38.1 Å². The molecule has 1 N–H and O–H groups in total. The van der Waals surface area contributed by atoms with Crippen LogP contribution in [-0.4, -0.2) is 11.5 Å². The summed E-state index contributed by atoms with van der Waals surface area (Å²) < 4.78 is 5.46. The standard InChI is InChI=1S/C12H16N2OS/c1-3-9-5-6-11(16-9)12-10(7-13-4-2)14-8-15-12/h5-6,8,13H,3-4,7H2,1-2H3. The molecule has 0 aromatic carbocycles. The minimum absolute atomic E-state index is 0.766. The largest absolute Gasteiger partial charge is 0.442 e. The summed E-state index contributed by atoms with van der Waals surface area (Å²) in [5, 5.41) is 3.26. The molecule has 0 radical (unpaired) electrons. The second-order valence-corrected chi connectivity index (χ2v) is 4.70. The average molecular weight is 236 g/mol. The molecule has 0 spiro atoms. The van der Waals surface area contributed by atoms with Crippen molar-refractivity contribution in [1.29, 1.82) is 0 Å². The summed E-state index contributed by atoms with van der Waals surface area (Å²) in [6.07, 6.45) is 2.59. The van der Waals surface area contributed by atoms with Crippen LogP contribution in [0.1, 0.15) is 24.4 Å². The lowest BCUT2D eigenvalue weighted by Gasteiger charge is -1.99. The summed E-state index contributed by atoms with van der Waals surface area (Å²) in [5.74, 6) is 0.908. The maximum atomic E-state index is 5.46. The van der Waals surface area contributed by atoms with Crippen LogP contribution < -0.4 is 5.32 Å². The Labute approximate surface area is 99.5 Å². The van der Waals surface area contributed by atoms with Crippen molar-refractivity contribution in [3.8, 4) is 10.6 Å². The van der Waals surface area contributed by atoms with Crippen molar-refractivity contribution in [3.05, 3.63) is 29.1 Å². The van der Waals surface area contributed by atoms with Crippen LogP contribution in [0.5, 0.6) is 0 Å². The molecular weight excluding hydrogens is 220 g/mol. The first kappa shape index (κ1) is 11.4. The van der Waals surface area contributed by atoms with Crippen molar-refractivity contribution in [2.45, 2.75) is 26.8 Å². The molecule has 0 saturated carbocycles. The molecule has 2 rings (SSSR count). The van der Waals surface area contributed by atoms with Crippen molar-refractivity contribution in [1.82, 2.24) is 10.3 Å². The van der Waals surface area contributed by atoms with Crippen LogP contribution in [0.3, 0.4) is 0 Å². The van der Waals surface area contributed by atoms with E-state index in [0.29, 0.717) is 0 Å². The van der Waals surface area contributed by atoms with E-state index < -0.39 is 0 Å². The minimum Gasteiger partial charge on any atom is -0.442 e. The molecule has 0 aliphatic heterocycles. The summed E-state index contributed by atoms with van der Waals surface area (Å²) in [7, 11) is 0. The number of nitrogens with one attached hydrogen (secondary N) is 1. The summed E-state index contributed by atoms with van der Waals surface area (Å²) in [4.78, 5) is 6.79.